The molecule has 3 atom stereocenters. The number of rotatable bonds is 8. The lowest BCUT2D eigenvalue weighted by molar-refractivity contribution is -0.138. The summed E-state index contributed by atoms with van der Waals surface area (Å²) in [7, 11) is 0.827. The molecule has 0 aromatic heterocycles. The Morgan fingerprint density at radius 2 is 1.65 bits per heavy atom. The van der Waals surface area contributed by atoms with Crippen molar-refractivity contribution in [1.29, 1.82) is 0 Å². The molecule has 1 unspecified atom stereocenters. The first-order valence-electron chi connectivity index (χ1n) is 5.77. The molecule has 110 valence electrons. The van der Waals surface area contributed by atoms with Crippen molar-refractivity contribution in [3.05, 3.63) is 30.3 Å². The molecule has 1 aromatic rings. The lowest BCUT2D eigenvalue weighted by atomic mass is 10.4. The number of carboxylic acids is 2. The fourth-order valence-corrected chi connectivity index (χ4v) is 5.46. The summed E-state index contributed by atoms with van der Waals surface area (Å²) in [6.07, 6.45) is 0. The van der Waals surface area contributed by atoms with Crippen LogP contribution in [-0.4, -0.2) is 45.7 Å². The number of nitrogens with two attached hydrogens (primary N) is 2. The van der Waals surface area contributed by atoms with E-state index in [1.165, 1.54) is 10.8 Å². The Morgan fingerprint density at radius 3 is 2.15 bits per heavy atom. The molecule has 0 saturated carbocycles. The van der Waals surface area contributed by atoms with Crippen LogP contribution in [0.5, 0.6) is 0 Å². The largest absolute Gasteiger partial charge is 0.480 e. The average molecular weight is 317 g/mol. The lowest BCUT2D eigenvalue weighted by Crippen LogP contribution is -2.37. The fourth-order valence-electron chi connectivity index (χ4n) is 1.25. The van der Waals surface area contributed by atoms with Gasteiger partial charge in [0.15, 0.2) is 10.6 Å². The highest BCUT2D eigenvalue weighted by Crippen LogP contribution is 2.27. The predicted molar refractivity (Wildman–Crippen MR) is 80.6 cm³/mol. The molecule has 0 aliphatic rings. The van der Waals surface area contributed by atoms with Crippen LogP contribution in [0.15, 0.2) is 35.2 Å². The van der Waals surface area contributed by atoms with E-state index in [0.29, 0.717) is 0 Å². The molecule has 6 N–H and O–H groups in total. The average Bonchev–Trinajstić information content (AvgIpc) is 2.43. The highest BCUT2D eigenvalue weighted by Gasteiger charge is 2.31. The Balaban J connectivity index is 2.74. The van der Waals surface area contributed by atoms with Gasteiger partial charge in [-0.3, -0.25) is 9.59 Å². The summed E-state index contributed by atoms with van der Waals surface area (Å²) in [6.45, 7) is 0. The van der Waals surface area contributed by atoms with Gasteiger partial charge < -0.3 is 21.7 Å². The number of aliphatic carboxylic acids is 2. The van der Waals surface area contributed by atoms with Crippen LogP contribution in [0.1, 0.15) is 0 Å². The summed E-state index contributed by atoms with van der Waals surface area (Å²) in [5, 5.41) is 17.7. The van der Waals surface area contributed by atoms with Crippen molar-refractivity contribution in [3.8, 4) is 0 Å². The molecular weight excluding hydrogens is 300 g/mol. The maximum atomic E-state index is 10.9. The molecular formula is C12H17N2O4S2+. The highest BCUT2D eigenvalue weighted by molar-refractivity contribution is 8.74. The predicted octanol–water partition coefficient (Wildman–Crippen LogP) is 0.136. The zero-order valence-electron chi connectivity index (χ0n) is 10.6. The molecule has 8 heteroatoms. The number of carboxylic acid groups (broad SMARTS) is 2. The second-order valence-electron chi connectivity index (χ2n) is 4.00. The Bertz CT molecular complexity index is 458. The minimum Gasteiger partial charge on any atom is -0.480 e. The van der Waals surface area contributed by atoms with Gasteiger partial charge in [-0.25, -0.2) is 0 Å². The second-order valence-corrected chi connectivity index (χ2v) is 7.98. The minimum atomic E-state index is -1.07. The zero-order valence-corrected chi connectivity index (χ0v) is 12.3. The maximum Gasteiger partial charge on any atom is 0.325 e. The van der Waals surface area contributed by atoms with Gasteiger partial charge in [0.2, 0.25) is 0 Å². The molecule has 6 nitrogen and oxygen atoms in total. The molecule has 0 amide bonds. The molecule has 1 aromatic carbocycles. The number of carbonyl (C=O) groups is 2. The van der Waals surface area contributed by atoms with Crippen LogP contribution in [-0.2, 0) is 19.5 Å². The lowest BCUT2D eigenvalue weighted by Gasteiger charge is -2.10. The summed E-state index contributed by atoms with van der Waals surface area (Å²) in [6, 6.07) is 7.34. The van der Waals surface area contributed by atoms with E-state index in [-0.39, 0.29) is 11.5 Å². The summed E-state index contributed by atoms with van der Waals surface area (Å²) in [5.41, 5.74) is 11.0. The summed E-state index contributed by atoms with van der Waals surface area (Å²) in [5.74, 6) is -1.69. The van der Waals surface area contributed by atoms with E-state index >= 15 is 0 Å². The van der Waals surface area contributed by atoms with Crippen molar-refractivity contribution in [2.24, 2.45) is 11.5 Å². The van der Waals surface area contributed by atoms with Gasteiger partial charge >= 0.3 is 11.9 Å². The van der Waals surface area contributed by atoms with Gasteiger partial charge in [0, 0.05) is 0 Å². The van der Waals surface area contributed by atoms with Gasteiger partial charge in [0.05, 0.1) is 26.5 Å². The van der Waals surface area contributed by atoms with Crippen LogP contribution < -0.4 is 11.5 Å². The van der Waals surface area contributed by atoms with Crippen LogP contribution >= 0.6 is 10.8 Å². The number of hydrogen-bond acceptors (Lipinski definition) is 5. The molecule has 0 heterocycles. The molecule has 0 spiro atoms. The third-order valence-electron chi connectivity index (χ3n) is 2.36. The minimum absolute atomic E-state index is 0.208. The van der Waals surface area contributed by atoms with Crippen LogP contribution in [0, 0.1) is 0 Å². The van der Waals surface area contributed by atoms with Gasteiger partial charge in [-0.05, 0) is 12.1 Å². The third kappa shape index (κ3) is 5.41. The summed E-state index contributed by atoms with van der Waals surface area (Å²) >= 11 is 0. The molecule has 0 fully saturated rings. The second kappa shape index (κ2) is 8.15. The van der Waals surface area contributed by atoms with E-state index in [9.17, 15) is 9.59 Å². The summed E-state index contributed by atoms with van der Waals surface area (Å²) in [4.78, 5) is 22.5. The van der Waals surface area contributed by atoms with Gasteiger partial charge in [0.1, 0.15) is 12.1 Å². The standard InChI is InChI=1S/C12H16N2O4S2/c13-9(11(15)16)6-19-20(7-10(14)12(17)18)8-4-2-1-3-5-8/h1-5,9-10H,6-7,13-14H2,(H-,15,16,17,18)/p+1/t9-,10-,20?/m0/s1. The van der Waals surface area contributed by atoms with Crippen LogP contribution in [0.4, 0.5) is 0 Å². The van der Waals surface area contributed by atoms with E-state index in [1.54, 1.807) is 0 Å². The van der Waals surface area contributed by atoms with E-state index in [1.807, 2.05) is 30.3 Å². The van der Waals surface area contributed by atoms with E-state index in [4.69, 9.17) is 21.7 Å². The molecule has 0 aliphatic heterocycles. The van der Waals surface area contributed by atoms with E-state index in [2.05, 4.69) is 0 Å². The molecule has 0 bridgehead atoms. The van der Waals surface area contributed by atoms with Crippen LogP contribution in [0.2, 0.25) is 0 Å². The first-order valence-corrected chi connectivity index (χ1v) is 8.67. The quantitative estimate of drug-likeness (QED) is 0.396. The first-order chi connectivity index (χ1) is 9.41. The Kier molecular flexibility index (Phi) is 6.86. The zero-order chi connectivity index (χ0) is 15.1. The molecule has 0 saturated heterocycles. The fraction of sp³-hybridized carbons (Fsp3) is 0.333. The van der Waals surface area contributed by atoms with Crippen molar-refractivity contribution >= 4 is 32.7 Å². The van der Waals surface area contributed by atoms with Crippen molar-refractivity contribution < 1.29 is 19.8 Å². The van der Waals surface area contributed by atoms with Crippen LogP contribution in [0.25, 0.3) is 0 Å². The van der Waals surface area contributed by atoms with Gasteiger partial charge in [-0.2, -0.15) is 0 Å². The van der Waals surface area contributed by atoms with E-state index < -0.39 is 33.9 Å². The smallest absolute Gasteiger partial charge is 0.325 e. The van der Waals surface area contributed by atoms with Crippen molar-refractivity contribution in [2.75, 3.05) is 11.5 Å². The highest BCUT2D eigenvalue weighted by atomic mass is 33.1. The third-order valence-corrected chi connectivity index (χ3v) is 6.85. The van der Waals surface area contributed by atoms with Crippen molar-refractivity contribution in [3.63, 3.8) is 0 Å². The topological polar surface area (TPSA) is 127 Å². The Hall–Kier alpha value is -1.22. The SMILES string of the molecule is N[C@@H](CS[S+](C[C@H](N)C(=O)O)c1ccccc1)C(=O)O. The van der Waals surface area contributed by atoms with Gasteiger partial charge in [-0.1, -0.05) is 18.2 Å². The Labute approximate surface area is 123 Å². The normalized spacial score (nSPS) is 15.3. The summed E-state index contributed by atoms with van der Waals surface area (Å²) < 4.78 is 0. The van der Waals surface area contributed by atoms with Gasteiger partial charge in [0.25, 0.3) is 0 Å². The molecule has 20 heavy (non-hydrogen) atoms. The number of benzene rings is 1. The maximum absolute atomic E-state index is 10.9. The van der Waals surface area contributed by atoms with Crippen molar-refractivity contribution in [2.45, 2.75) is 17.0 Å². The monoisotopic (exact) mass is 317 g/mol. The Morgan fingerprint density at radius 1 is 1.10 bits per heavy atom. The molecule has 0 radical (unpaired) electrons. The van der Waals surface area contributed by atoms with Crippen molar-refractivity contribution in [1.82, 2.24) is 0 Å². The van der Waals surface area contributed by atoms with Gasteiger partial charge in [-0.15, -0.1) is 0 Å². The van der Waals surface area contributed by atoms with Crippen LogP contribution in [0.3, 0.4) is 0 Å². The molecule has 1 rings (SSSR count). The van der Waals surface area contributed by atoms with E-state index in [0.717, 1.165) is 4.90 Å². The number of hydrogen-bond donors (Lipinski definition) is 4. The first kappa shape index (κ1) is 16.8. The molecule has 0 aliphatic carbocycles.